The van der Waals surface area contributed by atoms with Gasteiger partial charge in [0.15, 0.2) is 17.2 Å². The summed E-state index contributed by atoms with van der Waals surface area (Å²) in [5, 5.41) is 11.4. The van der Waals surface area contributed by atoms with Crippen molar-refractivity contribution in [2.75, 3.05) is 5.88 Å². The van der Waals surface area contributed by atoms with Crippen LogP contribution in [0.2, 0.25) is 0 Å². The van der Waals surface area contributed by atoms with Gasteiger partial charge in [0.1, 0.15) is 6.61 Å². The first-order valence-electron chi connectivity index (χ1n) is 9.83. The first-order valence-corrected chi connectivity index (χ1v) is 10.4. The highest BCUT2D eigenvalue weighted by molar-refractivity contribution is 6.18. The van der Waals surface area contributed by atoms with Gasteiger partial charge in [-0.25, -0.2) is 18.6 Å². The number of hydrogen-bond acceptors (Lipinski definition) is 5. The smallest absolute Gasteiger partial charge is 0.343 e. The van der Waals surface area contributed by atoms with Crippen LogP contribution >= 0.6 is 11.6 Å². The number of esters is 1. The Kier molecular flexibility index (Phi) is 4.43. The molecular formula is C22H17ClF2N2O4. The number of ether oxygens (including phenoxy) is 1. The molecule has 0 amide bonds. The molecule has 0 fully saturated rings. The van der Waals surface area contributed by atoms with Crippen molar-refractivity contribution >= 4 is 28.5 Å². The van der Waals surface area contributed by atoms with E-state index in [1.54, 1.807) is 13.0 Å². The van der Waals surface area contributed by atoms with Crippen LogP contribution < -0.4 is 5.56 Å². The lowest BCUT2D eigenvalue weighted by atomic mass is 9.86. The summed E-state index contributed by atoms with van der Waals surface area (Å²) < 4.78 is 34.4. The SMILES string of the molecule is CC[C@@]1(O)C(=O)OCc2c1cc1n(c2=O)Cc2c-1nc1cc(F)c(F)cc1c2CCCl. The molecule has 1 aromatic carbocycles. The number of fused-ring (bicyclic) bond motifs is 5. The Bertz CT molecular complexity index is 1350. The van der Waals surface area contributed by atoms with Crippen molar-refractivity contribution in [1.82, 2.24) is 9.55 Å². The number of aryl methyl sites for hydroxylation is 1. The van der Waals surface area contributed by atoms with Gasteiger partial charge in [-0.1, -0.05) is 6.92 Å². The molecule has 9 heteroatoms. The Morgan fingerprint density at radius 2 is 1.97 bits per heavy atom. The Morgan fingerprint density at radius 3 is 2.68 bits per heavy atom. The number of halogens is 3. The second kappa shape index (κ2) is 6.83. The molecule has 2 aromatic heterocycles. The van der Waals surface area contributed by atoms with Crippen molar-refractivity contribution in [2.45, 2.75) is 38.5 Å². The summed E-state index contributed by atoms with van der Waals surface area (Å²) in [6.07, 6.45) is 0.401. The maximum atomic E-state index is 13.9. The van der Waals surface area contributed by atoms with Crippen LogP contribution in [0.15, 0.2) is 23.0 Å². The highest BCUT2D eigenvalue weighted by Gasteiger charge is 2.45. The zero-order valence-corrected chi connectivity index (χ0v) is 17.2. The molecule has 2 aliphatic rings. The lowest BCUT2D eigenvalue weighted by Gasteiger charge is -2.31. The molecule has 4 heterocycles. The molecule has 2 aliphatic heterocycles. The Hall–Kier alpha value is -2.84. The number of carbonyl (C=O) groups is 1. The molecule has 0 aliphatic carbocycles. The Balaban J connectivity index is 1.84. The first-order chi connectivity index (χ1) is 14.8. The summed E-state index contributed by atoms with van der Waals surface area (Å²) in [5.74, 6) is -2.58. The van der Waals surface area contributed by atoms with Crippen molar-refractivity contribution in [3.8, 4) is 11.4 Å². The van der Waals surface area contributed by atoms with Crippen LogP contribution in [0.5, 0.6) is 0 Å². The number of cyclic esters (lactones) is 1. The summed E-state index contributed by atoms with van der Waals surface area (Å²) in [5.41, 5.74) is 0.514. The van der Waals surface area contributed by atoms with Crippen molar-refractivity contribution in [3.05, 3.63) is 62.4 Å². The summed E-state index contributed by atoms with van der Waals surface area (Å²) in [6, 6.07) is 3.69. The molecule has 0 radical (unpaired) electrons. The summed E-state index contributed by atoms with van der Waals surface area (Å²) >= 11 is 5.98. The highest BCUT2D eigenvalue weighted by atomic mass is 35.5. The third kappa shape index (κ3) is 2.68. The van der Waals surface area contributed by atoms with E-state index in [-0.39, 0.29) is 42.1 Å². The predicted molar refractivity (Wildman–Crippen MR) is 109 cm³/mol. The van der Waals surface area contributed by atoms with Gasteiger partial charge in [-0.3, -0.25) is 4.79 Å². The predicted octanol–water partition coefficient (Wildman–Crippen LogP) is 3.14. The van der Waals surface area contributed by atoms with Crippen LogP contribution in [0.1, 0.15) is 35.6 Å². The lowest BCUT2D eigenvalue weighted by Crippen LogP contribution is -2.44. The number of hydrogen-bond donors (Lipinski definition) is 1. The van der Waals surface area contributed by atoms with Gasteiger partial charge in [0.25, 0.3) is 5.56 Å². The van der Waals surface area contributed by atoms with Crippen molar-refractivity contribution < 1.29 is 23.4 Å². The largest absolute Gasteiger partial charge is 0.458 e. The third-order valence-electron chi connectivity index (χ3n) is 6.19. The lowest BCUT2D eigenvalue weighted by molar-refractivity contribution is -0.172. The van der Waals surface area contributed by atoms with Crippen LogP contribution in [0, 0.1) is 11.6 Å². The number of alkyl halides is 1. The molecule has 0 unspecified atom stereocenters. The van der Waals surface area contributed by atoms with E-state index in [1.165, 1.54) is 4.57 Å². The fraction of sp³-hybridized carbons (Fsp3) is 0.318. The van der Waals surface area contributed by atoms with Crippen LogP contribution in [-0.4, -0.2) is 26.5 Å². The van der Waals surface area contributed by atoms with Gasteiger partial charge in [-0.05, 0) is 30.5 Å². The quantitative estimate of drug-likeness (QED) is 0.386. The number of carbonyl (C=O) groups excluding carboxylic acids is 1. The van der Waals surface area contributed by atoms with Crippen LogP contribution in [0.3, 0.4) is 0 Å². The van der Waals surface area contributed by atoms with Crippen molar-refractivity contribution in [1.29, 1.82) is 0 Å². The van der Waals surface area contributed by atoms with Crippen LogP contribution in [0.25, 0.3) is 22.3 Å². The number of nitrogens with zero attached hydrogens (tertiary/aromatic N) is 2. The fourth-order valence-electron chi connectivity index (χ4n) is 4.54. The molecule has 31 heavy (non-hydrogen) atoms. The van der Waals surface area contributed by atoms with Gasteiger partial charge in [0.05, 0.1) is 29.0 Å². The van der Waals surface area contributed by atoms with E-state index in [1.807, 2.05) is 0 Å². The first kappa shape index (κ1) is 20.1. The number of aliphatic hydroxyl groups is 1. The molecule has 1 N–H and O–H groups in total. The number of rotatable bonds is 3. The van der Waals surface area contributed by atoms with Crippen molar-refractivity contribution in [2.24, 2.45) is 0 Å². The highest BCUT2D eigenvalue weighted by Crippen LogP contribution is 2.40. The van der Waals surface area contributed by atoms with Gasteiger partial charge in [-0.2, -0.15) is 0 Å². The number of aromatic nitrogens is 2. The van der Waals surface area contributed by atoms with E-state index in [9.17, 15) is 23.5 Å². The minimum atomic E-state index is -1.93. The van der Waals surface area contributed by atoms with Crippen LogP contribution in [0.4, 0.5) is 8.78 Å². The van der Waals surface area contributed by atoms with Gasteiger partial charge >= 0.3 is 5.97 Å². The van der Waals surface area contributed by atoms with Gasteiger partial charge in [0, 0.05) is 28.5 Å². The second-order valence-corrected chi connectivity index (χ2v) is 8.12. The summed E-state index contributed by atoms with van der Waals surface area (Å²) in [6.45, 7) is 1.56. The molecule has 0 bridgehead atoms. The normalized spacial score (nSPS) is 19.2. The molecule has 0 saturated carbocycles. The van der Waals surface area contributed by atoms with E-state index in [0.717, 1.165) is 12.1 Å². The molecule has 160 valence electrons. The average Bonchev–Trinajstić information content (AvgIpc) is 3.11. The van der Waals surface area contributed by atoms with E-state index >= 15 is 0 Å². The van der Waals surface area contributed by atoms with Crippen molar-refractivity contribution in [3.63, 3.8) is 0 Å². The maximum Gasteiger partial charge on any atom is 0.343 e. The zero-order valence-electron chi connectivity index (χ0n) is 16.5. The Labute approximate surface area is 180 Å². The summed E-state index contributed by atoms with van der Waals surface area (Å²) in [4.78, 5) is 30.0. The molecule has 3 aromatic rings. The molecule has 0 saturated heterocycles. The monoisotopic (exact) mass is 446 g/mol. The number of pyridine rings is 2. The van der Waals surface area contributed by atoms with E-state index in [4.69, 9.17) is 16.3 Å². The molecular weight excluding hydrogens is 430 g/mol. The molecule has 5 rings (SSSR count). The maximum absolute atomic E-state index is 13.9. The van der Waals surface area contributed by atoms with E-state index in [0.29, 0.717) is 34.3 Å². The molecule has 6 nitrogen and oxygen atoms in total. The van der Waals surface area contributed by atoms with Gasteiger partial charge < -0.3 is 14.4 Å². The zero-order chi connectivity index (χ0) is 22.1. The molecule has 0 spiro atoms. The second-order valence-electron chi connectivity index (χ2n) is 7.74. The minimum absolute atomic E-state index is 0.0295. The molecule has 1 atom stereocenters. The van der Waals surface area contributed by atoms with E-state index in [2.05, 4.69) is 4.98 Å². The standard InChI is InChI=1S/C22H17ClF2N2O4/c1-2-22(30)14-6-18-19-12(8-27(18)20(28)13(14)9-31-21(22)29)10(3-4-23)11-5-15(24)16(25)7-17(11)26-19/h5-7,30H,2-4,8-9H2,1H3/t22-/m0/s1. The minimum Gasteiger partial charge on any atom is -0.458 e. The number of benzene rings is 1. The van der Waals surface area contributed by atoms with Gasteiger partial charge in [-0.15, -0.1) is 11.6 Å². The van der Waals surface area contributed by atoms with Gasteiger partial charge in [0.2, 0.25) is 0 Å². The summed E-state index contributed by atoms with van der Waals surface area (Å²) in [7, 11) is 0. The van der Waals surface area contributed by atoms with E-state index < -0.39 is 28.8 Å². The topological polar surface area (TPSA) is 81.4 Å². The Morgan fingerprint density at radius 1 is 1.23 bits per heavy atom. The third-order valence-corrected chi connectivity index (χ3v) is 6.38. The van der Waals surface area contributed by atoms with Crippen LogP contribution in [-0.2, 0) is 34.7 Å². The fourth-order valence-corrected chi connectivity index (χ4v) is 4.73. The average molecular weight is 447 g/mol.